The molecule has 0 aromatic heterocycles. The zero-order valence-corrected chi connectivity index (χ0v) is 11.1. The summed E-state index contributed by atoms with van der Waals surface area (Å²) in [6, 6.07) is 1.01. The molecule has 3 atom stereocenters. The second-order valence-corrected chi connectivity index (χ2v) is 6.12. The maximum absolute atomic E-state index is 11.3. The first kappa shape index (κ1) is 12.4. The highest BCUT2D eigenvalue weighted by Gasteiger charge is 2.39. The lowest BCUT2D eigenvalue weighted by molar-refractivity contribution is -0.143. The zero-order chi connectivity index (χ0) is 12.5. The molecule has 0 bridgehead atoms. The molecule has 2 aliphatic heterocycles. The number of fused-ring (bicyclic) bond motifs is 1. The van der Waals surface area contributed by atoms with E-state index in [0.717, 1.165) is 32.4 Å². The summed E-state index contributed by atoms with van der Waals surface area (Å²) in [7, 11) is 0. The minimum Gasteiger partial charge on any atom is -0.481 e. The minimum absolute atomic E-state index is 0.113. The maximum atomic E-state index is 11.3. The van der Waals surface area contributed by atoms with Crippen molar-refractivity contribution in [1.82, 2.24) is 9.80 Å². The predicted molar refractivity (Wildman–Crippen MR) is 69.5 cm³/mol. The Balaban J connectivity index is 1.69. The Morgan fingerprint density at radius 2 is 1.72 bits per heavy atom. The van der Waals surface area contributed by atoms with Crippen LogP contribution in [0.25, 0.3) is 0 Å². The lowest BCUT2D eigenvalue weighted by Crippen LogP contribution is -2.45. The van der Waals surface area contributed by atoms with Crippen molar-refractivity contribution in [2.75, 3.05) is 26.2 Å². The smallest absolute Gasteiger partial charge is 0.308 e. The highest BCUT2D eigenvalue weighted by Crippen LogP contribution is 2.32. The minimum atomic E-state index is -0.579. The van der Waals surface area contributed by atoms with E-state index in [-0.39, 0.29) is 5.92 Å². The monoisotopic (exact) mass is 252 g/mol. The maximum Gasteiger partial charge on any atom is 0.308 e. The number of hydrogen-bond acceptors (Lipinski definition) is 3. The fourth-order valence-corrected chi connectivity index (χ4v) is 4.20. The highest BCUT2D eigenvalue weighted by atomic mass is 16.4. The third-order valence-electron chi connectivity index (χ3n) is 5.10. The molecular weight excluding hydrogens is 228 g/mol. The molecule has 0 amide bonds. The van der Waals surface area contributed by atoms with E-state index in [9.17, 15) is 9.90 Å². The molecule has 4 nitrogen and oxygen atoms in total. The first-order chi connectivity index (χ1) is 8.75. The summed E-state index contributed by atoms with van der Waals surface area (Å²) in [5.74, 6) is -0.692. The third kappa shape index (κ3) is 2.28. The molecule has 0 radical (unpaired) electrons. The topological polar surface area (TPSA) is 43.8 Å². The Kier molecular flexibility index (Phi) is 3.57. The molecule has 1 aliphatic carbocycles. The van der Waals surface area contributed by atoms with E-state index in [1.54, 1.807) is 0 Å². The van der Waals surface area contributed by atoms with Crippen molar-refractivity contribution in [3.05, 3.63) is 0 Å². The second-order valence-electron chi connectivity index (χ2n) is 6.12. The van der Waals surface area contributed by atoms with Crippen molar-refractivity contribution in [2.45, 2.75) is 50.6 Å². The van der Waals surface area contributed by atoms with E-state index in [4.69, 9.17) is 0 Å². The van der Waals surface area contributed by atoms with Gasteiger partial charge in [0.05, 0.1) is 5.92 Å². The molecular formula is C14H24N2O2. The normalized spacial score (nSPS) is 38.6. The Labute approximate surface area is 109 Å². The fourth-order valence-electron chi connectivity index (χ4n) is 4.20. The standard InChI is InChI=1S/C14H24N2O2/c17-14(18)12-5-1-6-13(12)16-9-3-8-15-7-2-4-11(15)10-16/h11-13H,1-10H2,(H,17,18). The van der Waals surface area contributed by atoms with Gasteiger partial charge in [-0.2, -0.15) is 0 Å². The molecule has 4 heteroatoms. The Morgan fingerprint density at radius 3 is 2.56 bits per heavy atom. The van der Waals surface area contributed by atoms with Gasteiger partial charge in [0, 0.05) is 18.6 Å². The number of rotatable bonds is 2. The van der Waals surface area contributed by atoms with E-state index < -0.39 is 5.97 Å². The van der Waals surface area contributed by atoms with Crippen molar-refractivity contribution >= 4 is 5.97 Å². The van der Waals surface area contributed by atoms with Gasteiger partial charge in [-0.15, -0.1) is 0 Å². The van der Waals surface area contributed by atoms with E-state index in [1.165, 1.54) is 32.4 Å². The van der Waals surface area contributed by atoms with Crippen LogP contribution in [0, 0.1) is 5.92 Å². The Morgan fingerprint density at radius 1 is 0.944 bits per heavy atom. The fraction of sp³-hybridized carbons (Fsp3) is 0.929. The number of carboxylic acids is 1. The number of carboxylic acid groups (broad SMARTS) is 1. The third-order valence-corrected chi connectivity index (χ3v) is 5.10. The van der Waals surface area contributed by atoms with Crippen molar-refractivity contribution in [3.63, 3.8) is 0 Å². The van der Waals surface area contributed by atoms with Gasteiger partial charge in [-0.3, -0.25) is 14.6 Å². The van der Waals surface area contributed by atoms with Crippen LogP contribution in [0.2, 0.25) is 0 Å². The van der Waals surface area contributed by atoms with Crippen LogP contribution in [0.15, 0.2) is 0 Å². The summed E-state index contributed by atoms with van der Waals surface area (Å²) in [5, 5.41) is 9.33. The quantitative estimate of drug-likeness (QED) is 0.807. The van der Waals surface area contributed by atoms with Gasteiger partial charge in [0.15, 0.2) is 0 Å². The molecule has 3 aliphatic rings. The molecule has 2 saturated heterocycles. The van der Waals surface area contributed by atoms with Gasteiger partial charge >= 0.3 is 5.97 Å². The van der Waals surface area contributed by atoms with Crippen molar-refractivity contribution in [2.24, 2.45) is 5.92 Å². The molecule has 0 aromatic rings. The van der Waals surface area contributed by atoms with E-state index in [1.807, 2.05) is 0 Å². The molecule has 3 fully saturated rings. The van der Waals surface area contributed by atoms with Crippen LogP contribution in [0.1, 0.15) is 38.5 Å². The van der Waals surface area contributed by atoms with Gasteiger partial charge in [0.25, 0.3) is 0 Å². The van der Waals surface area contributed by atoms with Crippen LogP contribution in [0.5, 0.6) is 0 Å². The van der Waals surface area contributed by atoms with Crippen LogP contribution < -0.4 is 0 Å². The summed E-state index contributed by atoms with van der Waals surface area (Å²) in [4.78, 5) is 16.4. The second kappa shape index (κ2) is 5.17. The van der Waals surface area contributed by atoms with Gasteiger partial charge in [-0.05, 0) is 51.7 Å². The van der Waals surface area contributed by atoms with Crippen molar-refractivity contribution < 1.29 is 9.90 Å². The Hall–Kier alpha value is -0.610. The molecule has 0 spiro atoms. The summed E-state index contributed by atoms with van der Waals surface area (Å²) >= 11 is 0. The van der Waals surface area contributed by atoms with Crippen LogP contribution in [0.3, 0.4) is 0 Å². The first-order valence-corrected chi connectivity index (χ1v) is 7.46. The van der Waals surface area contributed by atoms with E-state index in [2.05, 4.69) is 9.80 Å². The van der Waals surface area contributed by atoms with Crippen LogP contribution in [-0.4, -0.2) is 59.1 Å². The molecule has 18 heavy (non-hydrogen) atoms. The summed E-state index contributed by atoms with van der Waals surface area (Å²) in [6.07, 6.45) is 6.90. The average molecular weight is 252 g/mol. The Bertz CT molecular complexity index is 321. The summed E-state index contributed by atoms with van der Waals surface area (Å²) in [6.45, 7) is 4.67. The van der Waals surface area contributed by atoms with E-state index in [0.29, 0.717) is 12.1 Å². The first-order valence-electron chi connectivity index (χ1n) is 7.46. The molecule has 3 unspecified atom stereocenters. The number of aliphatic carboxylic acids is 1. The molecule has 1 saturated carbocycles. The van der Waals surface area contributed by atoms with Crippen molar-refractivity contribution in [1.29, 1.82) is 0 Å². The van der Waals surface area contributed by atoms with Crippen LogP contribution >= 0.6 is 0 Å². The van der Waals surface area contributed by atoms with Crippen LogP contribution in [0.4, 0.5) is 0 Å². The van der Waals surface area contributed by atoms with Gasteiger partial charge in [-0.1, -0.05) is 6.42 Å². The SMILES string of the molecule is O=C(O)C1CCCC1N1CCCN2CCCC2C1. The van der Waals surface area contributed by atoms with Gasteiger partial charge in [-0.25, -0.2) is 0 Å². The van der Waals surface area contributed by atoms with E-state index >= 15 is 0 Å². The van der Waals surface area contributed by atoms with Crippen LogP contribution in [-0.2, 0) is 4.79 Å². The van der Waals surface area contributed by atoms with Crippen molar-refractivity contribution in [3.8, 4) is 0 Å². The molecule has 3 rings (SSSR count). The summed E-state index contributed by atoms with van der Waals surface area (Å²) in [5.41, 5.74) is 0. The predicted octanol–water partition coefficient (Wildman–Crippen LogP) is 1.41. The van der Waals surface area contributed by atoms with Gasteiger partial charge in [0.2, 0.25) is 0 Å². The lowest BCUT2D eigenvalue weighted by atomic mass is 10.0. The number of hydrogen-bond donors (Lipinski definition) is 1. The molecule has 102 valence electrons. The number of nitrogens with zero attached hydrogens (tertiary/aromatic N) is 2. The lowest BCUT2D eigenvalue weighted by Gasteiger charge is -2.32. The zero-order valence-electron chi connectivity index (χ0n) is 11.1. The highest BCUT2D eigenvalue weighted by molar-refractivity contribution is 5.71. The molecule has 0 aromatic carbocycles. The average Bonchev–Trinajstić information content (AvgIpc) is 2.94. The number of carbonyl (C=O) groups is 1. The largest absolute Gasteiger partial charge is 0.481 e. The van der Waals surface area contributed by atoms with Gasteiger partial charge < -0.3 is 5.11 Å². The van der Waals surface area contributed by atoms with Gasteiger partial charge in [0.1, 0.15) is 0 Å². The molecule has 2 heterocycles. The molecule has 1 N–H and O–H groups in total. The summed E-state index contributed by atoms with van der Waals surface area (Å²) < 4.78 is 0.